The van der Waals surface area contributed by atoms with Crippen LogP contribution in [0.5, 0.6) is 0 Å². The monoisotopic (exact) mass is 430 g/mol. The summed E-state index contributed by atoms with van der Waals surface area (Å²) in [7, 11) is -0.386. The molecule has 8 heteroatoms. The van der Waals surface area contributed by atoms with E-state index in [4.69, 9.17) is 0 Å². The van der Waals surface area contributed by atoms with Crippen molar-refractivity contribution in [3.8, 4) is 0 Å². The average molecular weight is 431 g/mol. The van der Waals surface area contributed by atoms with Crippen LogP contribution in [0.15, 0.2) is 48.5 Å². The van der Waals surface area contributed by atoms with Gasteiger partial charge < -0.3 is 5.32 Å². The van der Waals surface area contributed by atoms with E-state index >= 15 is 0 Å². The molecule has 1 N–H and O–H groups in total. The molecule has 162 valence electrons. The van der Waals surface area contributed by atoms with Gasteiger partial charge >= 0.3 is 0 Å². The van der Waals surface area contributed by atoms with Gasteiger partial charge in [-0.1, -0.05) is 42.5 Å². The Labute approximate surface area is 179 Å². The largest absolute Gasteiger partial charge is 0.324 e. The number of carbonyl (C=O) groups excluding carboxylic acids is 1. The molecule has 2 aromatic rings. The number of hydrogen-bond acceptors (Lipinski definition) is 4. The van der Waals surface area contributed by atoms with Crippen LogP contribution in [0.1, 0.15) is 22.7 Å². The van der Waals surface area contributed by atoms with Crippen LogP contribution in [0.3, 0.4) is 0 Å². The van der Waals surface area contributed by atoms with Crippen LogP contribution in [-0.4, -0.2) is 68.1 Å². The lowest BCUT2D eigenvalue weighted by molar-refractivity contribution is -0.122. The van der Waals surface area contributed by atoms with Crippen molar-refractivity contribution in [3.63, 3.8) is 0 Å². The molecule has 0 aliphatic carbocycles. The number of benzene rings is 2. The number of nitrogens with zero attached hydrogens (tertiary/aromatic N) is 3. The van der Waals surface area contributed by atoms with Gasteiger partial charge in [-0.15, -0.1) is 0 Å². The molecule has 1 heterocycles. The van der Waals surface area contributed by atoms with Crippen LogP contribution >= 0.6 is 0 Å². The lowest BCUT2D eigenvalue weighted by atomic mass is 10.0. The molecule has 0 saturated carbocycles. The summed E-state index contributed by atoms with van der Waals surface area (Å²) in [6.45, 7) is 5.62. The normalized spacial score (nSPS) is 17.1. The third kappa shape index (κ3) is 4.89. The molecule has 3 rings (SSSR count). The first-order valence-electron chi connectivity index (χ1n) is 10.0. The summed E-state index contributed by atoms with van der Waals surface area (Å²) < 4.78 is 27.6. The molecule has 0 aromatic heterocycles. The van der Waals surface area contributed by atoms with Crippen LogP contribution in [-0.2, 0) is 15.0 Å². The Kier molecular flexibility index (Phi) is 6.92. The highest BCUT2D eigenvalue weighted by Crippen LogP contribution is 2.26. The third-order valence-corrected chi connectivity index (χ3v) is 7.38. The standard InChI is InChI=1S/C22H30N4O3S/c1-17-10-11-18(2)20(16-17)23-22(27)21(19-8-6-5-7-9-19)25-12-14-26(15-13-25)30(28,29)24(3)4/h5-11,16,21H,12-15H2,1-4H3,(H,23,27). The van der Waals surface area contributed by atoms with E-state index in [1.807, 2.05) is 62.4 Å². The van der Waals surface area contributed by atoms with E-state index < -0.39 is 16.3 Å². The number of nitrogens with one attached hydrogen (secondary N) is 1. The van der Waals surface area contributed by atoms with Crippen LogP contribution in [0.2, 0.25) is 0 Å². The number of rotatable bonds is 6. The van der Waals surface area contributed by atoms with Gasteiger partial charge in [0.15, 0.2) is 0 Å². The van der Waals surface area contributed by atoms with Crippen molar-refractivity contribution in [2.24, 2.45) is 0 Å². The maximum absolute atomic E-state index is 13.4. The first-order chi connectivity index (χ1) is 14.2. The Bertz CT molecular complexity index is 985. The van der Waals surface area contributed by atoms with Crippen LogP contribution in [0, 0.1) is 13.8 Å². The topological polar surface area (TPSA) is 73.0 Å². The number of amides is 1. The third-order valence-electron chi connectivity index (χ3n) is 5.44. The molecule has 1 amide bonds. The number of carbonyl (C=O) groups is 1. The van der Waals surface area contributed by atoms with E-state index in [-0.39, 0.29) is 5.91 Å². The molecule has 0 spiro atoms. The van der Waals surface area contributed by atoms with Crippen LogP contribution < -0.4 is 5.32 Å². The van der Waals surface area contributed by atoms with Crippen molar-refractivity contribution >= 4 is 21.8 Å². The summed E-state index contributed by atoms with van der Waals surface area (Å²) in [6, 6.07) is 15.1. The number of hydrogen-bond donors (Lipinski definition) is 1. The second-order valence-electron chi connectivity index (χ2n) is 7.85. The highest BCUT2D eigenvalue weighted by Gasteiger charge is 2.34. The molecule has 1 aliphatic heterocycles. The summed E-state index contributed by atoms with van der Waals surface area (Å²) >= 11 is 0. The Morgan fingerprint density at radius 1 is 1.00 bits per heavy atom. The first-order valence-corrected chi connectivity index (χ1v) is 11.4. The zero-order chi connectivity index (χ0) is 21.9. The Hall–Kier alpha value is -2.26. The number of anilines is 1. The number of aryl methyl sites for hydroxylation is 2. The molecule has 1 saturated heterocycles. The van der Waals surface area contributed by atoms with Crippen molar-refractivity contribution in [3.05, 3.63) is 65.2 Å². The number of piperazine rings is 1. The summed E-state index contributed by atoms with van der Waals surface area (Å²) in [6.07, 6.45) is 0. The zero-order valence-electron chi connectivity index (χ0n) is 18.0. The molecular formula is C22H30N4O3S. The molecule has 0 bridgehead atoms. The molecule has 1 atom stereocenters. The molecule has 30 heavy (non-hydrogen) atoms. The van der Waals surface area contributed by atoms with Gasteiger partial charge in [0, 0.05) is 46.0 Å². The first kappa shape index (κ1) is 22.4. The van der Waals surface area contributed by atoms with Crippen molar-refractivity contribution in [1.29, 1.82) is 0 Å². The van der Waals surface area contributed by atoms with Gasteiger partial charge in [0.05, 0.1) is 0 Å². The van der Waals surface area contributed by atoms with Crippen LogP contribution in [0.25, 0.3) is 0 Å². The Balaban J connectivity index is 1.82. The molecule has 1 aliphatic rings. The average Bonchev–Trinajstić information content (AvgIpc) is 2.72. The van der Waals surface area contributed by atoms with Gasteiger partial charge in [-0.25, -0.2) is 0 Å². The van der Waals surface area contributed by atoms with Crippen molar-refractivity contribution in [1.82, 2.24) is 13.5 Å². The summed E-state index contributed by atoms with van der Waals surface area (Å²) in [5.74, 6) is -0.112. The lowest BCUT2D eigenvalue weighted by Crippen LogP contribution is -2.53. The smallest absolute Gasteiger partial charge is 0.281 e. The summed E-state index contributed by atoms with van der Waals surface area (Å²) in [5.41, 5.74) is 3.77. The minimum Gasteiger partial charge on any atom is -0.324 e. The highest BCUT2D eigenvalue weighted by atomic mass is 32.2. The lowest BCUT2D eigenvalue weighted by Gasteiger charge is -2.38. The molecular weight excluding hydrogens is 400 g/mol. The summed E-state index contributed by atoms with van der Waals surface area (Å²) in [5, 5.41) is 3.09. The van der Waals surface area contributed by atoms with E-state index in [1.54, 1.807) is 0 Å². The summed E-state index contributed by atoms with van der Waals surface area (Å²) in [4.78, 5) is 15.4. The fourth-order valence-electron chi connectivity index (χ4n) is 3.66. The van der Waals surface area contributed by atoms with Gasteiger partial charge in [0.2, 0.25) is 5.91 Å². The molecule has 1 unspecified atom stereocenters. The van der Waals surface area contributed by atoms with Crippen molar-refractivity contribution < 1.29 is 13.2 Å². The van der Waals surface area contributed by atoms with E-state index in [2.05, 4.69) is 10.2 Å². The van der Waals surface area contributed by atoms with Gasteiger partial charge in [-0.05, 0) is 36.6 Å². The SMILES string of the molecule is Cc1ccc(C)c(NC(=O)C(c2ccccc2)N2CCN(S(=O)(=O)N(C)C)CC2)c1. The maximum atomic E-state index is 13.4. The van der Waals surface area contributed by atoms with E-state index in [9.17, 15) is 13.2 Å². The fourth-order valence-corrected chi connectivity index (χ4v) is 4.74. The minimum atomic E-state index is -3.45. The highest BCUT2D eigenvalue weighted by molar-refractivity contribution is 7.86. The minimum absolute atomic E-state index is 0.112. The van der Waals surface area contributed by atoms with Gasteiger partial charge in [0.25, 0.3) is 10.2 Å². The Morgan fingerprint density at radius 3 is 2.23 bits per heavy atom. The quantitative estimate of drug-likeness (QED) is 0.764. The van der Waals surface area contributed by atoms with Gasteiger partial charge in [0.1, 0.15) is 6.04 Å². The second-order valence-corrected chi connectivity index (χ2v) is 9.99. The van der Waals surface area contributed by atoms with Gasteiger partial charge in [-0.2, -0.15) is 17.0 Å². The second kappa shape index (κ2) is 9.26. The molecule has 7 nitrogen and oxygen atoms in total. The van der Waals surface area contributed by atoms with Crippen molar-refractivity contribution in [2.45, 2.75) is 19.9 Å². The zero-order valence-corrected chi connectivity index (χ0v) is 18.8. The van der Waals surface area contributed by atoms with E-state index in [0.717, 1.165) is 22.4 Å². The Morgan fingerprint density at radius 2 is 1.63 bits per heavy atom. The fraction of sp³-hybridized carbons (Fsp3) is 0.409. The predicted octanol–water partition coefficient (Wildman–Crippen LogP) is 2.41. The molecule has 0 radical (unpaired) electrons. The van der Waals surface area contributed by atoms with E-state index in [1.165, 1.54) is 22.7 Å². The van der Waals surface area contributed by atoms with Gasteiger partial charge in [-0.3, -0.25) is 9.69 Å². The van der Waals surface area contributed by atoms with E-state index in [0.29, 0.717) is 26.2 Å². The van der Waals surface area contributed by atoms with Crippen molar-refractivity contribution in [2.75, 3.05) is 45.6 Å². The molecule has 1 fully saturated rings. The maximum Gasteiger partial charge on any atom is 0.281 e. The molecule has 2 aromatic carbocycles. The van der Waals surface area contributed by atoms with Crippen LogP contribution in [0.4, 0.5) is 5.69 Å². The predicted molar refractivity (Wildman–Crippen MR) is 119 cm³/mol.